The molecule has 0 saturated carbocycles. The van der Waals surface area contributed by atoms with E-state index < -0.39 is 0 Å². The molecule has 4 nitrogen and oxygen atoms in total. The highest BCUT2D eigenvalue weighted by atomic mass is 35.5. The minimum absolute atomic E-state index is 0.110. The predicted octanol–water partition coefficient (Wildman–Crippen LogP) is 3.42. The molecule has 1 heterocycles. The molecule has 1 unspecified atom stereocenters. The van der Waals surface area contributed by atoms with Gasteiger partial charge in [-0.3, -0.25) is 0 Å². The number of hydrogen-bond donors (Lipinski definition) is 1. The summed E-state index contributed by atoms with van der Waals surface area (Å²) >= 11 is 11.4. The standard InChI is InChI=1S/C10H16Cl2N4/c1-4-7(5-2)6(3)13-10-15-8(11)14-9(12)16-10/h6-7H,4-5H2,1-3H3,(H,13,14,15,16). The van der Waals surface area contributed by atoms with Gasteiger partial charge in [-0.2, -0.15) is 15.0 Å². The minimum atomic E-state index is 0.110. The van der Waals surface area contributed by atoms with Gasteiger partial charge >= 0.3 is 0 Å². The molecule has 0 bridgehead atoms. The molecule has 0 aromatic carbocycles. The number of aromatic nitrogens is 3. The molecule has 1 rings (SSSR count). The molecule has 0 spiro atoms. The van der Waals surface area contributed by atoms with E-state index in [9.17, 15) is 0 Å². The Morgan fingerprint density at radius 2 is 1.56 bits per heavy atom. The van der Waals surface area contributed by atoms with Crippen molar-refractivity contribution < 1.29 is 0 Å². The molecular formula is C10H16Cl2N4. The Bertz CT molecular complexity index is 321. The van der Waals surface area contributed by atoms with Gasteiger partial charge in [0.2, 0.25) is 16.5 Å². The van der Waals surface area contributed by atoms with E-state index in [2.05, 4.69) is 41.0 Å². The topological polar surface area (TPSA) is 50.7 Å². The van der Waals surface area contributed by atoms with E-state index in [-0.39, 0.29) is 16.6 Å². The van der Waals surface area contributed by atoms with Crippen LogP contribution in [-0.2, 0) is 0 Å². The number of rotatable bonds is 5. The molecule has 0 aliphatic rings. The van der Waals surface area contributed by atoms with Crippen LogP contribution in [-0.4, -0.2) is 21.0 Å². The Labute approximate surface area is 106 Å². The Kier molecular flexibility index (Phi) is 5.22. The van der Waals surface area contributed by atoms with E-state index in [0.29, 0.717) is 11.9 Å². The summed E-state index contributed by atoms with van der Waals surface area (Å²) in [4.78, 5) is 11.6. The van der Waals surface area contributed by atoms with Crippen LogP contribution in [0.25, 0.3) is 0 Å². The van der Waals surface area contributed by atoms with Gasteiger partial charge in [0.15, 0.2) is 0 Å². The van der Waals surface area contributed by atoms with Crippen molar-refractivity contribution in [1.29, 1.82) is 0 Å². The summed E-state index contributed by atoms with van der Waals surface area (Å²) in [7, 11) is 0. The fourth-order valence-electron chi connectivity index (χ4n) is 1.71. The second-order valence-electron chi connectivity index (χ2n) is 3.71. The average molecular weight is 263 g/mol. The fraction of sp³-hybridized carbons (Fsp3) is 0.700. The van der Waals surface area contributed by atoms with Crippen LogP contribution >= 0.6 is 23.2 Å². The first-order chi connectivity index (χ1) is 7.56. The van der Waals surface area contributed by atoms with Crippen molar-refractivity contribution in [1.82, 2.24) is 15.0 Å². The van der Waals surface area contributed by atoms with Crippen molar-refractivity contribution in [3.8, 4) is 0 Å². The number of hydrogen-bond acceptors (Lipinski definition) is 4. The van der Waals surface area contributed by atoms with Crippen LogP contribution in [0.4, 0.5) is 5.95 Å². The molecule has 1 aromatic rings. The summed E-state index contributed by atoms with van der Waals surface area (Å²) < 4.78 is 0. The SMILES string of the molecule is CCC(CC)C(C)Nc1nc(Cl)nc(Cl)n1. The van der Waals surface area contributed by atoms with Crippen LogP contribution in [0.15, 0.2) is 0 Å². The summed E-state index contributed by atoms with van der Waals surface area (Å²) in [6.45, 7) is 6.43. The zero-order valence-electron chi connectivity index (χ0n) is 9.67. The summed E-state index contributed by atoms with van der Waals surface area (Å²) in [6.07, 6.45) is 2.22. The van der Waals surface area contributed by atoms with Gasteiger partial charge in [0.05, 0.1) is 0 Å². The lowest BCUT2D eigenvalue weighted by Gasteiger charge is -2.22. The van der Waals surface area contributed by atoms with E-state index in [1.54, 1.807) is 0 Å². The van der Waals surface area contributed by atoms with E-state index in [0.717, 1.165) is 12.8 Å². The molecule has 90 valence electrons. The highest BCUT2D eigenvalue weighted by Gasteiger charge is 2.14. The minimum Gasteiger partial charge on any atom is -0.351 e. The summed E-state index contributed by atoms with van der Waals surface area (Å²) in [6, 6.07) is 0.282. The Morgan fingerprint density at radius 3 is 2.00 bits per heavy atom. The molecule has 1 aromatic heterocycles. The van der Waals surface area contributed by atoms with E-state index in [4.69, 9.17) is 23.2 Å². The predicted molar refractivity (Wildman–Crippen MR) is 67.0 cm³/mol. The highest BCUT2D eigenvalue weighted by Crippen LogP contribution is 2.17. The summed E-state index contributed by atoms with van der Waals surface area (Å²) in [5.74, 6) is 1.01. The Morgan fingerprint density at radius 1 is 1.06 bits per heavy atom. The molecule has 1 N–H and O–H groups in total. The maximum atomic E-state index is 5.69. The van der Waals surface area contributed by atoms with Gasteiger partial charge in [-0.15, -0.1) is 0 Å². The van der Waals surface area contributed by atoms with E-state index in [1.807, 2.05) is 0 Å². The normalized spacial score (nSPS) is 12.9. The second kappa shape index (κ2) is 6.21. The van der Waals surface area contributed by atoms with Crippen LogP contribution in [0, 0.1) is 5.92 Å². The molecule has 0 aliphatic carbocycles. The zero-order chi connectivity index (χ0) is 12.1. The first-order valence-electron chi connectivity index (χ1n) is 5.40. The van der Waals surface area contributed by atoms with E-state index >= 15 is 0 Å². The lowest BCUT2D eigenvalue weighted by atomic mass is 9.96. The van der Waals surface area contributed by atoms with Crippen molar-refractivity contribution in [3.05, 3.63) is 10.6 Å². The first kappa shape index (κ1) is 13.5. The lowest BCUT2D eigenvalue weighted by molar-refractivity contribution is 0.436. The molecular weight excluding hydrogens is 247 g/mol. The van der Waals surface area contributed by atoms with Crippen LogP contribution in [0.5, 0.6) is 0 Å². The molecule has 0 aliphatic heterocycles. The largest absolute Gasteiger partial charge is 0.351 e. The molecule has 0 amide bonds. The molecule has 16 heavy (non-hydrogen) atoms. The summed E-state index contributed by atoms with van der Waals surface area (Å²) in [5.41, 5.74) is 0. The first-order valence-corrected chi connectivity index (χ1v) is 6.16. The smallest absolute Gasteiger partial charge is 0.228 e. The van der Waals surface area contributed by atoms with Crippen molar-refractivity contribution >= 4 is 29.2 Å². The number of halogens is 2. The van der Waals surface area contributed by atoms with Gasteiger partial charge < -0.3 is 5.32 Å². The third-order valence-corrected chi connectivity index (χ3v) is 3.03. The maximum Gasteiger partial charge on any atom is 0.228 e. The Balaban J connectivity index is 2.72. The highest BCUT2D eigenvalue weighted by molar-refractivity contribution is 6.31. The quantitative estimate of drug-likeness (QED) is 0.884. The van der Waals surface area contributed by atoms with Crippen LogP contribution in [0.1, 0.15) is 33.6 Å². The molecule has 0 radical (unpaired) electrons. The molecule has 6 heteroatoms. The van der Waals surface area contributed by atoms with Crippen LogP contribution in [0.2, 0.25) is 10.6 Å². The third-order valence-electron chi connectivity index (χ3n) is 2.69. The van der Waals surface area contributed by atoms with Crippen LogP contribution in [0.3, 0.4) is 0 Å². The molecule has 0 fully saturated rings. The van der Waals surface area contributed by atoms with Gasteiger partial charge in [-0.25, -0.2) is 0 Å². The molecule has 0 saturated heterocycles. The monoisotopic (exact) mass is 262 g/mol. The summed E-state index contributed by atoms with van der Waals surface area (Å²) in [5, 5.41) is 3.42. The van der Waals surface area contributed by atoms with Gasteiger partial charge in [0.1, 0.15) is 0 Å². The van der Waals surface area contributed by atoms with E-state index in [1.165, 1.54) is 0 Å². The number of nitrogens with one attached hydrogen (secondary N) is 1. The second-order valence-corrected chi connectivity index (χ2v) is 4.38. The van der Waals surface area contributed by atoms with Crippen molar-refractivity contribution in [2.75, 3.05) is 5.32 Å². The van der Waals surface area contributed by atoms with Crippen molar-refractivity contribution in [2.24, 2.45) is 5.92 Å². The fourth-order valence-corrected chi connectivity index (χ4v) is 2.07. The van der Waals surface area contributed by atoms with Gasteiger partial charge in [-0.1, -0.05) is 26.7 Å². The Hall–Kier alpha value is -0.610. The number of nitrogens with zero attached hydrogens (tertiary/aromatic N) is 3. The van der Waals surface area contributed by atoms with Gasteiger partial charge in [0, 0.05) is 6.04 Å². The average Bonchev–Trinajstić information content (AvgIpc) is 2.17. The zero-order valence-corrected chi connectivity index (χ0v) is 11.2. The van der Waals surface area contributed by atoms with Gasteiger partial charge in [-0.05, 0) is 36.0 Å². The third kappa shape index (κ3) is 3.76. The van der Waals surface area contributed by atoms with Crippen molar-refractivity contribution in [2.45, 2.75) is 39.7 Å². The maximum absolute atomic E-state index is 5.69. The van der Waals surface area contributed by atoms with Crippen molar-refractivity contribution in [3.63, 3.8) is 0 Å². The lowest BCUT2D eigenvalue weighted by Crippen LogP contribution is -2.26. The molecule has 1 atom stereocenters. The van der Waals surface area contributed by atoms with Gasteiger partial charge in [0.25, 0.3) is 0 Å². The van der Waals surface area contributed by atoms with Crippen LogP contribution < -0.4 is 5.32 Å². The number of anilines is 1.